The Labute approximate surface area is 184 Å². The predicted octanol–water partition coefficient (Wildman–Crippen LogP) is 4.37. The minimum Gasteiger partial charge on any atom is -0.496 e. The molecule has 1 unspecified atom stereocenters. The summed E-state index contributed by atoms with van der Waals surface area (Å²) >= 11 is 1.36. The summed E-state index contributed by atoms with van der Waals surface area (Å²) in [4.78, 5) is 26.1. The molecule has 31 heavy (non-hydrogen) atoms. The molecule has 0 spiro atoms. The molecule has 3 aromatic rings. The highest BCUT2D eigenvalue weighted by molar-refractivity contribution is 8.00. The third kappa shape index (κ3) is 5.58. The lowest BCUT2D eigenvalue weighted by Crippen LogP contribution is -2.22. The zero-order valence-electron chi connectivity index (χ0n) is 17.6. The second-order valence-electron chi connectivity index (χ2n) is 6.59. The number of aryl methyl sites for hydroxylation is 1. The topological polar surface area (TPSA) is 103 Å². The summed E-state index contributed by atoms with van der Waals surface area (Å²) in [7, 11) is 2.99. The molecule has 0 fully saturated rings. The number of ether oxygens (including phenoxy) is 2. The van der Waals surface area contributed by atoms with Gasteiger partial charge < -0.3 is 24.6 Å². The molecule has 0 saturated carbocycles. The Bertz CT molecular complexity index is 1060. The molecule has 1 atom stereocenters. The van der Waals surface area contributed by atoms with Crippen molar-refractivity contribution in [2.24, 2.45) is 0 Å². The highest BCUT2D eigenvalue weighted by Crippen LogP contribution is 2.30. The minimum absolute atomic E-state index is 0.202. The monoisotopic (exact) mass is 441 g/mol. The summed E-state index contributed by atoms with van der Waals surface area (Å²) in [6.45, 7) is 3.54. The van der Waals surface area contributed by atoms with Crippen LogP contribution in [-0.2, 0) is 4.79 Å². The summed E-state index contributed by atoms with van der Waals surface area (Å²) in [6.07, 6.45) is 0. The van der Waals surface area contributed by atoms with E-state index in [1.807, 2.05) is 12.1 Å². The maximum Gasteiger partial charge on any atom is 0.263 e. The van der Waals surface area contributed by atoms with Gasteiger partial charge >= 0.3 is 0 Å². The number of carbonyl (C=O) groups excluding carboxylic acids is 2. The largest absolute Gasteiger partial charge is 0.496 e. The van der Waals surface area contributed by atoms with Crippen LogP contribution in [0.15, 0.2) is 57.9 Å². The first-order valence-corrected chi connectivity index (χ1v) is 10.3. The molecule has 0 saturated heterocycles. The van der Waals surface area contributed by atoms with Crippen molar-refractivity contribution in [3.05, 3.63) is 59.9 Å². The molecular formula is C22H23N3O5S. The van der Waals surface area contributed by atoms with Gasteiger partial charge in [0.1, 0.15) is 22.8 Å². The highest BCUT2D eigenvalue weighted by Gasteiger charge is 2.19. The highest BCUT2D eigenvalue weighted by atomic mass is 32.2. The molecular weight excluding hydrogens is 418 g/mol. The fraction of sp³-hybridized carbons (Fsp3) is 0.227. The van der Waals surface area contributed by atoms with Gasteiger partial charge in [-0.15, -0.1) is 11.8 Å². The molecule has 2 amide bonds. The van der Waals surface area contributed by atoms with Crippen LogP contribution in [0.5, 0.6) is 11.5 Å². The number of benzene rings is 2. The fourth-order valence-corrected chi connectivity index (χ4v) is 3.75. The molecule has 1 aromatic heterocycles. The molecule has 3 rings (SSSR count). The van der Waals surface area contributed by atoms with E-state index in [9.17, 15) is 9.59 Å². The van der Waals surface area contributed by atoms with Crippen molar-refractivity contribution in [3.8, 4) is 11.5 Å². The van der Waals surface area contributed by atoms with E-state index >= 15 is 0 Å². The van der Waals surface area contributed by atoms with Crippen LogP contribution in [0, 0.1) is 6.92 Å². The van der Waals surface area contributed by atoms with Gasteiger partial charge in [-0.1, -0.05) is 17.3 Å². The number of carbonyl (C=O) groups is 2. The Morgan fingerprint density at radius 3 is 2.32 bits per heavy atom. The van der Waals surface area contributed by atoms with Crippen LogP contribution in [0.4, 0.5) is 11.5 Å². The van der Waals surface area contributed by atoms with Crippen LogP contribution in [0.1, 0.15) is 23.0 Å². The molecule has 8 nitrogen and oxygen atoms in total. The summed E-state index contributed by atoms with van der Waals surface area (Å²) in [5.41, 5.74) is 0.893. The smallest absolute Gasteiger partial charge is 0.263 e. The van der Waals surface area contributed by atoms with Crippen LogP contribution in [0.2, 0.25) is 0 Å². The maximum absolute atomic E-state index is 12.9. The molecule has 1 heterocycles. The SMILES string of the molecule is COc1cccc(OC)c1C(=O)Nc1cccc(SC(C)C(=O)Nc2cc(C)on2)c1. The molecule has 0 aliphatic heterocycles. The third-order valence-electron chi connectivity index (χ3n) is 4.31. The Kier molecular flexibility index (Phi) is 7.19. The fourth-order valence-electron chi connectivity index (χ4n) is 2.83. The molecule has 0 aliphatic carbocycles. The predicted molar refractivity (Wildman–Crippen MR) is 119 cm³/mol. The Balaban J connectivity index is 1.69. The van der Waals surface area contributed by atoms with E-state index in [1.54, 1.807) is 50.2 Å². The Morgan fingerprint density at radius 1 is 1.03 bits per heavy atom. The molecule has 0 aliphatic rings. The molecule has 0 bridgehead atoms. The van der Waals surface area contributed by atoms with Crippen molar-refractivity contribution < 1.29 is 23.6 Å². The quantitative estimate of drug-likeness (QED) is 0.500. The number of hydrogen-bond donors (Lipinski definition) is 2. The molecule has 9 heteroatoms. The summed E-state index contributed by atoms with van der Waals surface area (Å²) in [6, 6.07) is 14.0. The van der Waals surface area contributed by atoms with Gasteiger partial charge in [-0.2, -0.15) is 0 Å². The second-order valence-corrected chi connectivity index (χ2v) is 8.01. The minimum atomic E-state index is -0.391. The number of aromatic nitrogens is 1. The van der Waals surface area contributed by atoms with E-state index < -0.39 is 5.25 Å². The first-order chi connectivity index (χ1) is 14.9. The average Bonchev–Trinajstić information content (AvgIpc) is 3.17. The lowest BCUT2D eigenvalue weighted by Gasteiger charge is -2.14. The van der Waals surface area contributed by atoms with Gasteiger partial charge in [-0.05, 0) is 44.2 Å². The van der Waals surface area contributed by atoms with Gasteiger partial charge in [0.25, 0.3) is 5.91 Å². The van der Waals surface area contributed by atoms with Crippen molar-refractivity contribution in [1.29, 1.82) is 0 Å². The van der Waals surface area contributed by atoms with Crippen LogP contribution in [-0.4, -0.2) is 36.4 Å². The Hall–Kier alpha value is -3.46. The second kappa shape index (κ2) is 10.0. The zero-order chi connectivity index (χ0) is 22.4. The maximum atomic E-state index is 12.9. The number of nitrogens with zero attached hydrogens (tertiary/aromatic N) is 1. The van der Waals surface area contributed by atoms with Crippen LogP contribution in [0.25, 0.3) is 0 Å². The van der Waals surface area contributed by atoms with E-state index in [0.29, 0.717) is 34.3 Å². The van der Waals surface area contributed by atoms with Crippen molar-refractivity contribution in [2.45, 2.75) is 24.0 Å². The number of methoxy groups -OCH3 is 2. The van der Waals surface area contributed by atoms with Gasteiger partial charge in [-0.3, -0.25) is 9.59 Å². The van der Waals surface area contributed by atoms with E-state index in [0.717, 1.165) is 4.90 Å². The number of thioether (sulfide) groups is 1. The van der Waals surface area contributed by atoms with E-state index in [-0.39, 0.29) is 11.8 Å². The van der Waals surface area contributed by atoms with E-state index in [1.165, 1.54) is 26.0 Å². The van der Waals surface area contributed by atoms with Crippen molar-refractivity contribution in [2.75, 3.05) is 24.9 Å². The average molecular weight is 442 g/mol. The summed E-state index contributed by atoms with van der Waals surface area (Å²) in [5, 5.41) is 8.95. The molecule has 0 radical (unpaired) electrons. The first-order valence-electron chi connectivity index (χ1n) is 9.44. The number of amides is 2. The van der Waals surface area contributed by atoms with Crippen molar-refractivity contribution in [3.63, 3.8) is 0 Å². The normalized spacial score (nSPS) is 11.5. The number of anilines is 2. The van der Waals surface area contributed by atoms with E-state index in [4.69, 9.17) is 14.0 Å². The van der Waals surface area contributed by atoms with Crippen LogP contribution < -0.4 is 20.1 Å². The van der Waals surface area contributed by atoms with Crippen molar-refractivity contribution in [1.82, 2.24) is 5.16 Å². The standard InChI is InChI=1S/C22H23N3O5S/c1-13-11-19(25-30-13)24-21(26)14(2)31-16-8-5-7-15(12-16)23-22(27)20-17(28-3)9-6-10-18(20)29-4/h5-12,14H,1-4H3,(H,23,27)(H,24,25,26). The van der Waals surface area contributed by atoms with E-state index in [2.05, 4.69) is 15.8 Å². The summed E-state index contributed by atoms with van der Waals surface area (Å²) < 4.78 is 15.6. The molecule has 2 N–H and O–H groups in total. The Morgan fingerprint density at radius 2 is 1.71 bits per heavy atom. The number of hydrogen-bond acceptors (Lipinski definition) is 7. The van der Waals surface area contributed by atoms with Gasteiger partial charge in [0, 0.05) is 16.6 Å². The van der Waals surface area contributed by atoms with Crippen molar-refractivity contribution >= 4 is 35.1 Å². The molecule has 162 valence electrons. The first kappa shape index (κ1) is 22.2. The number of nitrogens with one attached hydrogen (secondary N) is 2. The van der Waals surface area contributed by atoms with Gasteiger partial charge in [0.2, 0.25) is 5.91 Å². The van der Waals surface area contributed by atoms with Gasteiger partial charge in [0.05, 0.1) is 19.5 Å². The lowest BCUT2D eigenvalue weighted by atomic mass is 10.1. The van der Waals surface area contributed by atoms with Crippen LogP contribution in [0.3, 0.4) is 0 Å². The lowest BCUT2D eigenvalue weighted by molar-refractivity contribution is -0.115. The van der Waals surface area contributed by atoms with Gasteiger partial charge in [-0.25, -0.2) is 0 Å². The number of rotatable bonds is 8. The molecule has 2 aromatic carbocycles. The van der Waals surface area contributed by atoms with Gasteiger partial charge in [0.15, 0.2) is 5.82 Å². The zero-order valence-corrected chi connectivity index (χ0v) is 18.4. The summed E-state index contributed by atoms with van der Waals surface area (Å²) in [5.74, 6) is 1.26. The van der Waals surface area contributed by atoms with Crippen LogP contribution >= 0.6 is 11.8 Å². The third-order valence-corrected chi connectivity index (χ3v) is 5.40.